The number of halogens is 1. The SMILES string of the molecule is O=C(O)CCCc1cccc(NC(=O)c2ccccc2NC(=O)C2=Cc3cccc(Cl)c3OC2)c1. The van der Waals surface area contributed by atoms with Crippen molar-refractivity contribution in [2.75, 3.05) is 17.2 Å². The van der Waals surface area contributed by atoms with E-state index in [1.54, 1.807) is 54.6 Å². The molecule has 1 aliphatic rings. The lowest BCUT2D eigenvalue weighted by Crippen LogP contribution is -2.23. The van der Waals surface area contributed by atoms with Gasteiger partial charge in [-0.2, -0.15) is 0 Å². The second-order valence-corrected chi connectivity index (χ2v) is 8.43. The molecular weight excluding hydrogens is 468 g/mol. The number of aryl methyl sites for hydroxylation is 1. The molecule has 0 radical (unpaired) electrons. The van der Waals surface area contributed by atoms with E-state index in [4.69, 9.17) is 21.4 Å². The second kappa shape index (κ2) is 10.9. The lowest BCUT2D eigenvalue weighted by molar-refractivity contribution is -0.137. The molecule has 0 aliphatic carbocycles. The summed E-state index contributed by atoms with van der Waals surface area (Å²) in [7, 11) is 0. The minimum Gasteiger partial charge on any atom is -0.487 e. The maximum Gasteiger partial charge on any atom is 0.303 e. The van der Waals surface area contributed by atoms with E-state index in [1.165, 1.54) is 0 Å². The number of hydrogen-bond acceptors (Lipinski definition) is 4. The van der Waals surface area contributed by atoms with Crippen LogP contribution in [0.4, 0.5) is 11.4 Å². The summed E-state index contributed by atoms with van der Waals surface area (Å²) in [6, 6.07) is 19.3. The van der Waals surface area contributed by atoms with Crippen LogP contribution in [0.15, 0.2) is 72.3 Å². The van der Waals surface area contributed by atoms with Gasteiger partial charge in [-0.3, -0.25) is 14.4 Å². The summed E-state index contributed by atoms with van der Waals surface area (Å²) in [4.78, 5) is 36.7. The number of carboxylic acids is 1. The summed E-state index contributed by atoms with van der Waals surface area (Å²) in [5.41, 5.74) is 3.30. The number of hydrogen-bond donors (Lipinski definition) is 3. The Labute approximate surface area is 207 Å². The van der Waals surface area contributed by atoms with Crippen molar-refractivity contribution in [1.29, 1.82) is 0 Å². The Hall–Kier alpha value is -4.10. The molecule has 0 saturated heterocycles. The molecule has 0 fully saturated rings. The minimum atomic E-state index is -0.836. The van der Waals surface area contributed by atoms with Crippen molar-refractivity contribution in [3.63, 3.8) is 0 Å². The van der Waals surface area contributed by atoms with Crippen molar-refractivity contribution in [2.24, 2.45) is 0 Å². The van der Waals surface area contributed by atoms with Crippen LogP contribution in [0.3, 0.4) is 0 Å². The van der Waals surface area contributed by atoms with E-state index in [0.717, 1.165) is 5.56 Å². The summed E-state index contributed by atoms with van der Waals surface area (Å²) in [5, 5.41) is 14.9. The van der Waals surface area contributed by atoms with Crippen LogP contribution in [0.2, 0.25) is 5.02 Å². The summed E-state index contributed by atoms with van der Waals surface area (Å²) in [6.45, 7) is 0.0611. The molecule has 1 heterocycles. The van der Waals surface area contributed by atoms with Gasteiger partial charge in [-0.15, -0.1) is 0 Å². The number of fused-ring (bicyclic) bond motifs is 1. The van der Waals surface area contributed by atoms with E-state index >= 15 is 0 Å². The van der Waals surface area contributed by atoms with Gasteiger partial charge >= 0.3 is 5.97 Å². The molecule has 35 heavy (non-hydrogen) atoms. The van der Waals surface area contributed by atoms with E-state index in [1.807, 2.05) is 18.2 Å². The Bertz CT molecular complexity index is 1320. The fourth-order valence-corrected chi connectivity index (χ4v) is 3.98. The van der Waals surface area contributed by atoms with Crippen LogP contribution in [0.25, 0.3) is 6.08 Å². The minimum absolute atomic E-state index is 0.0611. The number of carbonyl (C=O) groups is 3. The van der Waals surface area contributed by atoms with Crippen LogP contribution < -0.4 is 15.4 Å². The van der Waals surface area contributed by atoms with Crippen LogP contribution >= 0.6 is 11.6 Å². The van der Waals surface area contributed by atoms with E-state index in [9.17, 15) is 14.4 Å². The third-order valence-electron chi connectivity index (χ3n) is 5.45. The van der Waals surface area contributed by atoms with Crippen molar-refractivity contribution < 1.29 is 24.2 Å². The lowest BCUT2D eigenvalue weighted by atomic mass is 10.1. The Balaban J connectivity index is 1.46. The molecule has 8 heteroatoms. The molecule has 0 aromatic heterocycles. The molecule has 2 amide bonds. The molecule has 3 aromatic rings. The Kier molecular flexibility index (Phi) is 7.48. The number of aliphatic carboxylic acids is 1. The largest absolute Gasteiger partial charge is 0.487 e. The number of ether oxygens (including phenoxy) is 1. The van der Waals surface area contributed by atoms with E-state index in [-0.39, 0.29) is 24.8 Å². The van der Waals surface area contributed by atoms with E-state index in [2.05, 4.69) is 10.6 Å². The van der Waals surface area contributed by atoms with Gasteiger partial charge in [0.05, 0.1) is 21.8 Å². The molecule has 0 saturated carbocycles. The average Bonchev–Trinajstić information content (AvgIpc) is 2.84. The quantitative estimate of drug-likeness (QED) is 0.391. The molecule has 0 bridgehead atoms. The molecule has 178 valence electrons. The third-order valence-corrected chi connectivity index (χ3v) is 5.75. The highest BCUT2D eigenvalue weighted by molar-refractivity contribution is 6.32. The fraction of sp³-hybridized carbons (Fsp3) is 0.148. The highest BCUT2D eigenvalue weighted by atomic mass is 35.5. The van der Waals surface area contributed by atoms with Crippen molar-refractivity contribution in [3.8, 4) is 5.75 Å². The smallest absolute Gasteiger partial charge is 0.303 e. The molecule has 7 nitrogen and oxygen atoms in total. The molecule has 0 atom stereocenters. The van der Waals surface area contributed by atoms with Gasteiger partial charge in [-0.05, 0) is 54.8 Å². The van der Waals surface area contributed by atoms with Gasteiger partial charge in [0.2, 0.25) is 0 Å². The van der Waals surface area contributed by atoms with Crippen molar-refractivity contribution in [1.82, 2.24) is 0 Å². The summed E-state index contributed by atoms with van der Waals surface area (Å²) < 4.78 is 5.66. The topological polar surface area (TPSA) is 105 Å². The fourth-order valence-electron chi connectivity index (χ4n) is 3.74. The predicted molar refractivity (Wildman–Crippen MR) is 135 cm³/mol. The maximum absolute atomic E-state index is 13.0. The first-order valence-electron chi connectivity index (χ1n) is 11.0. The van der Waals surface area contributed by atoms with Gasteiger partial charge in [0, 0.05) is 17.7 Å². The van der Waals surface area contributed by atoms with Crippen LogP contribution in [-0.4, -0.2) is 29.5 Å². The van der Waals surface area contributed by atoms with Crippen molar-refractivity contribution in [2.45, 2.75) is 19.3 Å². The first-order valence-corrected chi connectivity index (χ1v) is 11.4. The summed E-state index contributed by atoms with van der Waals surface area (Å²) >= 11 is 6.15. The van der Waals surface area contributed by atoms with Gasteiger partial charge in [0.25, 0.3) is 11.8 Å². The van der Waals surface area contributed by atoms with E-state index < -0.39 is 5.97 Å². The normalized spacial score (nSPS) is 12.1. The van der Waals surface area contributed by atoms with Gasteiger partial charge in [0.1, 0.15) is 12.4 Å². The molecular formula is C27H23ClN2O5. The molecule has 3 aromatic carbocycles. The highest BCUT2D eigenvalue weighted by Gasteiger charge is 2.21. The van der Waals surface area contributed by atoms with Crippen LogP contribution in [0.1, 0.15) is 34.3 Å². The first kappa shape index (κ1) is 24.0. The third kappa shape index (κ3) is 6.07. The number of carboxylic acid groups (broad SMARTS) is 1. The lowest BCUT2D eigenvalue weighted by Gasteiger charge is -2.19. The Morgan fingerprint density at radius 2 is 1.74 bits per heavy atom. The molecule has 3 N–H and O–H groups in total. The first-order chi connectivity index (χ1) is 16.9. The van der Waals surface area contributed by atoms with Crippen LogP contribution in [0.5, 0.6) is 5.75 Å². The van der Waals surface area contributed by atoms with Crippen molar-refractivity contribution >= 4 is 46.8 Å². The van der Waals surface area contributed by atoms with Crippen molar-refractivity contribution in [3.05, 3.63) is 94.0 Å². The van der Waals surface area contributed by atoms with Gasteiger partial charge in [0.15, 0.2) is 0 Å². The van der Waals surface area contributed by atoms with Gasteiger partial charge < -0.3 is 20.5 Å². The van der Waals surface area contributed by atoms with Gasteiger partial charge in [-0.25, -0.2) is 0 Å². The summed E-state index contributed by atoms with van der Waals surface area (Å²) in [6.07, 6.45) is 2.91. The number of anilines is 2. The standard InChI is InChI=1S/C27H23ClN2O5/c28-22-11-5-8-18-15-19(16-35-25(18)22)26(33)30-23-12-2-1-10-21(23)27(34)29-20-9-3-6-17(14-20)7-4-13-24(31)32/h1-3,5-6,8-12,14-15H,4,7,13,16H2,(H,29,34)(H,30,33)(H,31,32). The Morgan fingerprint density at radius 3 is 2.57 bits per heavy atom. The monoisotopic (exact) mass is 490 g/mol. The predicted octanol–water partition coefficient (Wildman–Crippen LogP) is 5.41. The second-order valence-electron chi connectivity index (χ2n) is 8.02. The number of para-hydroxylation sites is 2. The number of nitrogens with one attached hydrogen (secondary N) is 2. The maximum atomic E-state index is 13.0. The molecule has 4 rings (SSSR count). The Morgan fingerprint density at radius 1 is 0.943 bits per heavy atom. The number of benzene rings is 3. The average molecular weight is 491 g/mol. The van der Waals surface area contributed by atoms with Crippen LogP contribution in [0, 0.1) is 0 Å². The number of rotatable bonds is 8. The highest BCUT2D eigenvalue weighted by Crippen LogP contribution is 2.33. The zero-order chi connectivity index (χ0) is 24.8. The van der Waals surface area contributed by atoms with Gasteiger partial charge in [-0.1, -0.05) is 48.0 Å². The molecule has 0 spiro atoms. The number of carbonyl (C=O) groups excluding carboxylic acids is 2. The molecule has 1 aliphatic heterocycles. The van der Waals surface area contributed by atoms with Crippen LogP contribution in [-0.2, 0) is 16.0 Å². The van der Waals surface area contributed by atoms with E-state index in [0.29, 0.717) is 51.7 Å². The zero-order valence-corrected chi connectivity index (χ0v) is 19.5. The summed E-state index contributed by atoms with van der Waals surface area (Å²) in [5.74, 6) is -1.06. The molecule has 0 unspecified atom stereocenters. The zero-order valence-electron chi connectivity index (χ0n) is 18.7. The number of amides is 2.